The van der Waals surface area contributed by atoms with Crippen molar-refractivity contribution < 1.29 is 17.9 Å². The lowest BCUT2D eigenvalue weighted by Gasteiger charge is -2.12. The Bertz CT molecular complexity index is 455. The van der Waals surface area contributed by atoms with Crippen LogP contribution >= 0.6 is 10.7 Å². The molecular formula is C10H11ClO4S. The summed E-state index contributed by atoms with van der Waals surface area (Å²) in [4.78, 5) is 11.4. The Balaban J connectivity index is 3.02. The van der Waals surface area contributed by atoms with E-state index in [9.17, 15) is 13.2 Å². The lowest BCUT2D eigenvalue weighted by molar-refractivity contribution is -0.141. The molecule has 1 rings (SSSR count). The van der Waals surface area contributed by atoms with Gasteiger partial charge in [0, 0.05) is 10.7 Å². The van der Waals surface area contributed by atoms with E-state index in [4.69, 9.17) is 10.7 Å². The van der Waals surface area contributed by atoms with Crippen LogP contribution in [0.4, 0.5) is 0 Å². The number of halogens is 1. The second-order valence-corrected chi connectivity index (χ2v) is 6.01. The summed E-state index contributed by atoms with van der Waals surface area (Å²) < 4.78 is 26.5. The first kappa shape index (κ1) is 13.0. The molecule has 0 spiro atoms. The van der Waals surface area contributed by atoms with Gasteiger partial charge < -0.3 is 4.74 Å². The molecule has 1 aromatic carbocycles. The maximum Gasteiger partial charge on any atom is 0.314 e. The van der Waals surface area contributed by atoms with Crippen molar-refractivity contribution in [3.63, 3.8) is 0 Å². The van der Waals surface area contributed by atoms with Crippen LogP contribution in [0.2, 0.25) is 0 Å². The van der Waals surface area contributed by atoms with Crippen LogP contribution in [0.15, 0.2) is 30.3 Å². The highest BCUT2D eigenvalue weighted by molar-refractivity contribution is 8.13. The molecule has 16 heavy (non-hydrogen) atoms. The highest BCUT2D eigenvalue weighted by atomic mass is 35.7. The topological polar surface area (TPSA) is 60.4 Å². The van der Waals surface area contributed by atoms with Gasteiger partial charge in [0.25, 0.3) is 0 Å². The average molecular weight is 263 g/mol. The molecule has 0 fully saturated rings. The van der Waals surface area contributed by atoms with Gasteiger partial charge >= 0.3 is 5.97 Å². The van der Waals surface area contributed by atoms with Crippen molar-refractivity contribution in [3.05, 3.63) is 35.9 Å². The molecule has 4 nitrogen and oxygen atoms in total. The fraction of sp³-hybridized carbons (Fsp3) is 0.300. The molecule has 1 atom stereocenters. The molecule has 6 heteroatoms. The molecule has 0 radical (unpaired) electrons. The summed E-state index contributed by atoms with van der Waals surface area (Å²) in [6.45, 7) is 0. The summed E-state index contributed by atoms with van der Waals surface area (Å²) in [6, 6.07) is 8.51. The second-order valence-electron chi connectivity index (χ2n) is 3.19. The first-order valence-electron chi connectivity index (χ1n) is 4.49. The molecule has 0 aliphatic rings. The highest BCUT2D eigenvalue weighted by Gasteiger charge is 2.26. The molecule has 0 aliphatic carbocycles. The minimum absolute atomic E-state index is 0.467. The Labute approximate surface area is 98.6 Å². The zero-order valence-corrected chi connectivity index (χ0v) is 10.2. The number of ether oxygens (including phenoxy) is 1. The van der Waals surface area contributed by atoms with Crippen LogP contribution in [0.3, 0.4) is 0 Å². The lowest BCUT2D eigenvalue weighted by Crippen LogP contribution is -2.21. The van der Waals surface area contributed by atoms with Gasteiger partial charge in [0.15, 0.2) is 0 Å². The Kier molecular flexibility index (Phi) is 4.32. The summed E-state index contributed by atoms with van der Waals surface area (Å²) in [5, 5.41) is 0. The van der Waals surface area contributed by atoms with Gasteiger partial charge in [0.1, 0.15) is 0 Å². The smallest absolute Gasteiger partial charge is 0.314 e. The van der Waals surface area contributed by atoms with E-state index < -0.39 is 26.7 Å². The van der Waals surface area contributed by atoms with Gasteiger partial charge in [0.05, 0.1) is 18.8 Å². The molecule has 0 bridgehead atoms. The molecule has 0 unspecified atom stereocenters. The van der Waals surface area contributed by atoms with Crippen molar-refractivity contribution in [1.29, 1.82) is 0 Å². The summed E-state index contributed by atoms with van der Waals surface area (Å²) in [6.07, 6.45) is 0. The molecule has 88 valence electrons. The zero-order chi connectivity index (χ0) is 12.2. The van der Waals surface area contributed by atoms with Gasteiger partial charge in [-0.25, -0.2) is 8.42 Å². The Morgan fingerprint density at radius 3 is 2.38 bits per heavy atom. The largest absolute Gasteiger partial charge is 0.469 e. The van der Waals surface area contributed by atoms with Crippen LogP contribution in [0.1, 0.15) is 11.5 Å². The molecule has 0 aromatic heterocycles. The third-order valence-corrected chi connectivity index (χ3v) is 3.16. The monoisotopic (exact) mass is 262 g/mol. The number of rotatable bonds is 4. The summed E-state index contributed by atoms with van der Waals surface area (Å²) >= 11 is 0. The van der Waals surface area contributed by atoms with Crippen molar-refractivity contribution in [2.75, 3.05) is 12.9 Å². The molecule has 1 aromatic rings. The van der Waals surface area contributed by atoms with Crippen molar-refractivity contribution >= 4 is 25.7 Å². The fourth-order valence-electron chi connectivity index (χ4n) is 1.33. The fourth-order valence-corrected chi connectivity index (χ4v) is 2.43. The molecule has 0 heterocycles. The zero-order valence-electron chi connectivity index (χ0n) is 8.59. The van der Waals surface area contributed by atoms with Gasteiger partial charge in [-0.3, -0.25) is 4.79 Å². The number of methoxy groups -OCH3 is 1. The van der Waals surface area contributed by atoms with Crippen molar-refractivity contribution in [2.24, 2.45) is 0 Å². The van der Waals surface area contributed by atoms with Gasteiger partial charge in [-0.2, -0.15) is 0 Å². The van der Waals surface area contributed by atoms with E-state index in [1.807, 2.05) is 0 Å². The van der Waals surface area contributed by atoms with Crippen LogP contribution < -0.4 is 0 Å². The number of hydrogen-bond donors (Lipinski definition) is 0. The standard InChI is InChI=1S/C10H11ClO4S/c1-15-10(12)9(7-16(11,13)14)8-5-3-2-4-6-8/h2-6,9H,7H2,1H3/t9-/m0/s1. The van der Waals surface area contributed by atoms with Crippen molar-refractivity contribution in [2.45, 2.75) is 5.92 Å². The van der Waals surface area contributed by atoms with E-state index in [0.717, 1.165) is 0 Å². The number of carbonyl (C=O) groups is 1. The molecule has 0 saturated carbocycles. The third kappa shape index (κ3) is 3.83. The third-order valence-electron chi connectivity index (χ3n) is 2.05. The quantitative estimate of drug-likeness (QED) is 0.610. The Morgan fingerprint density at radius 2 is 1.94 bits per heavy atom. The Morgan fingerprint density at radius 1 is 1.38 bits per heavy atom. The summed E-state index contributed by atoms with van der Waals surface area (Å²) in [7, 11) is 2.60. The van der Waals surface area contributed by atoms with Crippen molar-refractivity contribution in [3.8, 4) is 0 Å². The SMILES string of the molecule is COC(=O)[C@@H](CS(=O)(=O)Cl)c1ccccc1. The van der Waals surface area contributed by atoms with Crippen LogP contribution in [0, 0.1) is 0 Å². The predicted octanol–water partition coefficient (Wildman–Crippen LogP) is 1.51. The maximum atomic E-state index is 11.4. The molecule has 0 aliphatic heterocycles. The van der Waals surface area contributed by atoms with Gasteiger partial charge in [0.2, 0.25) is 9.05 Å². The van der Waals surface area contributed by atoms with Crippen LogP contribution in [-0.2, 0) is 18.6 Å². The number of hydrogen-bond acceptors (Lipinski definition) is 4. The van der Waals surface area contributed by atoms with Crippen LogP contribution in [0.5, 0.6) is 0 Å². The van der Waals surface area contributed by atoms with E-state index in [0.29, 0.717) is 5.56 Å². The number of benzene rings is 1. The van der Waals surface area contributed by atoms with Gasteiger partial charge in [-0.1, -0.05) is 30.3 Å². The summed E-state index contributed by atoms with van der Waals surface area (Å²) in [5.41, 5.74) is 0.568. The van der Waals surface area contributed by atoms with E-state index in [-0.39, 0.29) is 0 Å². The van der Waals surface area contributed by atoms with E-state index in [1.54, 1.807) is 30.3 Å². The minimum Gasteiger partial charge on any atom is -0.469 e. The minimum atomic E-state index is -3.76. The normalized spacial score (nSPS) is 13.1. The van der Waals surface area contributed by atoms with Gasteiger partial charge in [-0.15, -0.1) is 0 Å². The lowest BCUT2D eigenvalue weighted by atomic mass is 10.0. The maximum absolute atomic E-state index is 11.4. The predicted molar refractivity (Wildman–Crippen MR) is 60.8 cm³/mol. The van der Waals surface area contributed by atoms with E-state index >= 15 is 0 Å². The van der Waals surface area contributed by atoms with Crippen molar-refractivity contribution in [1.82, 2.24) is 0 Å². The Hall–Kier alpha value is -1.07. The highest BCUT2D eigenvalue weighted by Crippen LogP contribution is 2.20. The van der Waals surface area contributed by atoms with E-state index in [1.165, 1.54) is 7.11 Å². The molecule has 0 N–H and O–H groups in total. The van der Waals surface area contributed by atoms with Gasteiger partial charge in [-0.05, 0) is 5.56 Å². The number of carbonyl (C=O) groups excluding carboxylic acids is 1. The van der Waals surface area contributed by atoms with Crippen LogP contribution in [-0.4, -0.2) is 27.2 Å². The van der Waals surface area contributed by atoms with E-state index in [2.05, 4.69) is 4.74 Å². The number of esters is 1. The first-order valence-corrected chi connectivity index (χ1v) is 6.97. The second kappa shape index (κ2) is 5.32. The van der Waals surface area contributed by atoms with Crippen LogP contribution in [0.25, 0.3) is 0 Å². The summed E-state index contributed by atoms with van der Waals surface area (Å²) in [5.74, 6) is -1.96. The first-order chi connectivity index (χ1) is 7.44. The molecular weight excluding hydrogens is 252 g/mol. The molecule has 0 saturated heterocycles. The molecule has 0 amide bonds. The average Bonchev–Trinajstić information content (AvgIpc) is 2.25.